The molecule has 6 fully saturated rings. The van der Waals surface area contributed by atoms with Gasteiger partial charge >= 0.3 is 0 Å². The van der Waals surface area contributed by atoms with E-state index in [-0.39, 0.29) is 12.5 Å². The molecule has 0 radical (unpaired) electrons. The molecule has 1 saturated carbocycles. The first-order valence-electron chi connectivity index (χ1n) is 13.7. The molecule has 198 valence electrons. The maximum atomic E-state index is 6.85. The van der Waals surface area contributed by atoms with E-state index < -0.39 is 11.4 Å². The summed E-state index contributed by atoms with van der Waals surface area (Å²) in [4.78, 5) is 17.2. The molecule has 5 heterocycles. The average molecular weight is 533 g/mol. The van der Waals surface area contributed by atoms with Crippen molar-refractivity contribution in [1.82, 2.24) is 9.80 Å². The second kappa shape index (κ2) is 9.78. The molecule has 1 spiro atoms. The lowest BCUT2D eigenvalue weighted by Gasteiger charge is -2.61. The van der Waals surface area contributed by atoms with Gasteiger partial charge in [-0.2, -0.15) is 0 Å². The lowest BCUT2D eigenvalue weighted by atomic mass is 9.58. The van der Waals surface area contributed by atoms with Crippen LogP contribution < -0.4 is 0 Å². The fraction of sp³-hybridized carbons (Fsp3) is 0.750. The van der Waals surface area contributed by atoms with E-state index in [4.69, 9.17) is 31.5 Å². The number of nitrogens with zero attached hydrogens (tertiary/aromatic N) is 2. The molecular formula is C28H40N2O4S2. The van der Waals surface area contributed by atoms with Crippen molar-refractivity contribution in [2.24, 2.45) is 23.7 Å². The lowest BCUT2D eigenvalue weighted by molar-refractivity contribution is -0.574. The van der Waals surface area contributed by atoms with Gasteiger partial charge in [0.1, 0.15) is 10.5 Å². The van der Waals surface area contributed by atoms with Crippen molar-refractivity contribution >= 4 is 28.3 Å². The van der Waals surface area contributed by atoms with Crippen LogP contribution >= 0.6 is 24.0 Å². The van der Waals surface area contributed by atoms with E-state index in [0.717, 1.165) is 55.5 Å². The van der Waals surface area contributed by atoms with Crippen LogP contribution in [0.3, 0.4) is 0 Å². The Hall–Kier alpha value is -0.740. The van der Waals surface area contributed by atoms with Gasteiger partial charge in [0.05, 0.1) is 0 Å². The Morgan fingerprint density at radius 3 is 2.53 bits per heavy atom. The van der Waals surface area contributed by atoms with Crippen LogP contribution in [-0.2, 0) is 25.0 Å². The molecule has 0 unspecified atom stereocenters. The first-order valence-corrected chi connectivity index (χ1v) is 15.1. The zero-order chi connectivity index (χ0) is 25.1. The molecule has 0 N–H and O–H groups in total. The Bertz CT molecular complexity index is 971. The predicted molar refractivity (Wildman–Crippen MR) is 145 cm³/mol. The largest absolute Gasteiger partial charge is 0.355 e. The SMILES string of the molecule is Cc1ccc(CSC(=S)N2CCN([C@@H]3O[C@@H]4O[C@@]5(C)CC[C@H]6[C@H](C)CC[C@@H]([C@H]3C)[C@@]46OO5)CC2)cc1. The molecule has 5 aliphatic heterocycles. The van der Waals surface area contributed by atoms with Crippen LogP contribution in [0.1, 0.15) is 57.6 Å². The Balaban J connectivity index is 1.11. The molecule has 5 saturated heterocycles. The molecule has 1 aromatic carbocycles. The molecule has 8 atom stereocenters. The van der Waals surface area contributed by atoms with Crippen molar-refractivity contribution in [3.63, 3.8) is 0 Å². The molecule has 6 aliphatic rings. The van der Waals surface area contributed by atoms with Gasteiger partial charge < -0.3 is 14.4 Å². The molecule has 2 bridgehead atoms. The zero-order valence-electron chi connectivity index (χ0n) is 22.0. The van der Waals surface area contributed by atoms with E-state index in [1.165, 1.54) is 17.5 Å². The summed E-state index contributed by atoms with van der Waals surface area (Å²) in [5.41, 5.74) is 2.13. The Labute approximate surface area is 225 Å². The molecule has 6 nitrogen and oxygen atoms in total. The first-order chi connectivity index (χ1) is 17.3. The molecule has 7 rings (SSSR count). The van der Waals surface area contributed by atoms with E-state index in [2.05, 4.69) is 54.8 Å². The quantitative estimate of drug-likeness (QED) is 0.382. The number of thiocarbonyl (C=S) groups is 1. The van der Waals surface area contributed by atoms with E-state index in [0.29, 0.717) is 23.7 Å². The lowest BCUT2D eigenvalue weighted by Crippen LogP contribution is -2.72. The van der Waals surface area contributed by atoms with Gasteiger partial charge in [-0.1, -0.05) is 67.7 Å². The highest BCUT2D eigenvalue weighted by Crippen LogP contribution is 2.60. The number of fused-ring (bicyclic) bond motifs is 2. The third kappa shape index (κ3) is 4.34. The van der Waals surface area contributed by atoms with Crippen molar-refractivity contribution in [3.05, 3.63) is 35.4 Å². The van der Waals surface area contributed by atoms with Gasteiger partial charge in [-0.3, -0.25) is 4.90 Å². The summed E-state index contributed by atoms with van der Waals surface area (Å²) in [7, 11) is 0. The average Bonchev–Trinajstić information content (AvgIpc) is 3.11. The highest BCUT2D eigenvalue weighted by atomic mass is 32.2. The number of rotatable bonds is 3. The minimum atomic E-state index is -0.720. The van der Waals surface area contributed by atoms with E-state index in [1.807, 2.05) is 6.92 Å². The van der Waals surface area contributed by atoms with Crippen LogP contribution in [0.25, 0.3) is 0 Å². The number of aryl methyl sites for hydroxylation is 1. The second-order valence-corrected chi connectivity index (χ2v) is 13.5. The molecule has 0 aromatic heterocycles. The summed E-state index contributed by atoms with van der Waals surface area (Å²) in [6.07, 6.45) is 3.96. The van der Waals surface area contributed by atoms with Crippen molar-refractivity contribution < 1.29 is 19.2 Å². The fourth-order valence-electron chi connectivity index (χ4n) is 7.38. The minimum Gasteiger partial charge on any atom is -0.355 e. The standard InChI is InChI=1S/C28H40N2O4S2/c1-18-5-8-21(9-6-18)17-36-26(35)30-15-13-29(14-16-30)24-20(3)23-10-7-19(2)22-11-12-27(4)32-25(31-24)28(22,23)34-33-27/h5-6,8-9,19-20,22-25H,7,10-17H2,1-4H3/t19-,20-,22+,23+,24-,25-,27-,28-/m1/s1. The van der Waals surface area contributed by atoms with Crippen LogP contribution in [0.15, 0.2) is 24.3 Å². The monoisotopic (exact) mass is 532 g/mol. The molecule has 1 aliphatic carbocycles. The third-order valence-corrected chi connectivity index (χ3v) is 11.1. The summed E-state index contributed by atoms with van der Waals surface area (Å²) in [6.45, 7) is 12.6. The molecule has 36 heavy (non-hydrogen) atoms. The van der Waals surface area contributed by atoms with Gasteiger partial charge in [-0.25, -0.2) is 9.78 Å². The molecule has 8 heteroatoms. The maximum Gasteiger partial charge on any atom is 0.201 e. The number of hydrogen-bond acceptors (Lipinski definition) is 7. The van der Waals surface area contributed by atoms with Crippen LogP contribution in [-0.4, -0.2) is 64.2 Å². The van der Waals surface area contributed by atoms with Gasteiger partial charge in [0.2, 0.25) is 5.79 Å². The van der Waals surface area contributed by atoms with Gasteiger partial charge in [0.25, 0.3) is 0 Å². The molecular weight excluding hydrogens is 492 g/mol. The summed E-state index contributed by atoms with van der Waals surface area (Å²) < 4.78 is 14.4. The molecule has 1 aromatic rings. The number of piperazine rings is 1. The van der Waals surface area contributed by atoms with Gasteiger partial charge in [-0.15, -0.1) is 0 Å². The van der Waals surface area contributed by atoms with Gasteiger partial charge in [0.15, 0.2) is 11.9 Å². The minimum absolute atomic E-state index is 0.0298. The zero-order valence-corrected chi connectivity index (χ0v) is 23.6. The Kier molecular flexibility index (Phi) is 6.93. The summed E-state index contributed by atoms with van der Waals surface area (Å²) >= 11 is 7.59. The maximum absolute atomic E-state index is 6.85. The van der Waals surface area contributed by atoms with Crippen molar-refractivity contribution in [2.75, 3.05) is 26.2 Å². The third-order valence-electron chi connectivity index (χ3n) is 9.54. The van der Waals surface area contributed by atoms with Gasteiger partial charge in [0, 0.05) is 50.2 Å². The second-order valence-electron chi connectivity index (χ2n) is 11.9. The predicted octanol–water partition coefficient (Wildman–Crippen LogP) is 5.34. The Morgan fingerprint density at radius 2 is 1.78 bits per heavy atom. The topological polar surface area (TPSA) is 43.4 Å². The molecule has 0 amide bonds. The van der Waals surface area contributed by atoms with Gasteiger partial charge in [-0.05, 0) is 50.5 Å². The number of ether oxygens (including phenoxy) is 2. The summed E-state index contributed by atoms with van der Waals surface area (Å²) in [5, 5.41) is 0. The fourth-order valence-corrected chi connectivity index (χ4v) is 8.59. The van der Waals surface area contributed by atoms with Crippen LogP contribution in [0.2, 0.25) is 0 Å². The van der Waals surface area contributed by atoms with Crippen molar-refractivity contribution in [1.29, 1.82) is 0 Å². The summed E-state index contributed by atoms with van der Waals surface area (Å²) in [5.74, 6) is 1.92. The van der Waals surface area contributed by atoms with E-state index >= 15 is 0 Å². The number of benzene rings is 1. The van der Waals surface area contributed by atoms with Crippen LogP contribution in [0.5, 0.6) is 0 Å². The number of hydrogen-bond donors (Lipinski definition) is 0. The normalized spacial score (nSPS) is 42.6. The summed E-state index contributed by atoms with van der Waals surface area (Å²) in [6, 6.07) is 8.74. The highest BCUT2D eigenvalue weighted by Gasteiger charge is 2.69. The van der Waals surface area contributed by atoms with E-state index in [9.17, 15) is 0 Å². The highest BCUT2D eigenvalue weighted by molar-refractivity contribution is 8.22. The first kappa shape index (κ1) is 25.5. The smallest absolute Gasteiger partial charge is 0.201 e. The van der Waals surface area contributed by atoms with E-state index in [1.54, 1.807) is 11.8 Å². The number of thioether (sulfide) groups is 1. The van der Waals surface area contributed by atoms with Crippen molar-refractivity contribution in [3.8, 4) is 0 Å². The van der Waals surface area contributed by atoms with Crippen LogP contribution in [0.4, 0.5) is 0 Å². The van der Waals surface area contributed by atoms with Crippen LogP contribution in [0, 0.1) is 30.6 Å². The Morgan fingerprint density at radius 1 is 1.03 bits per heavy atom. The van der Waals surface area contributed by atoms with Crippen molar-refractivity contribution in [2.45, 2.75) is 83.0 Å².